The van der Waals surface area contributed by atoms with Crippen LogP contribution in [0.1, 0.15) is 12.5 Å². The Bertz CT molecular complexity index is 954. The second-order valence-electron chi connectivity index (χ2n) is 6.50. The number of sulfonamides is 1. The van der Waals surface area contributed by atoms with Crippen LogP contribution in [0.2, 0.25) is 0 Å². The molecular weight excluding hydrogens is 369 g/mol. The maximum Gasteiger partial charge on any atom is 0.243 e. The molecule has 0 unspecified atom stereocenters. The van der Waals surface area contributed by atoms with Gasteiger partial charge in [0.05, 0.1) is 10.6 Å². The van der Waals surface area contributed by atoms with Gasteiger partial charge in [0.2, 0.25) is 15.9 Å². The summed E-state index contributed by atoms with van der Waals surface area (Å²) in [6.45, 7) is 4.44. The maximum atomic E-state index is 14.0. The molecule has 6 nitrogen and oxygen atoms in total. The van der Waals surface area contributed by atoms with Crippen LogP contribution < -0.4 is 10.2 Å². The van der Waals surface area contributed by atoms with Crippen molar-refractivity contribution in [2.24, 2.45) is 0 Å². The van der Waals surface area contributed by atoms with Crippen LogP contribution in [0.4, 0.5) is 15.8 Å². The number of hydrogen-bond acceptors (Lipinski definition) is 4. The minimum Gasteiger partial charge on any atom is -0.367 e. The highest BCUT2D eigenvalue weighted by atomic mass is 32.2. The summed E-state index contributed by atoms with van der Waals surface area (Å²) in [6.07, 6.45) is 0. The largest absolute Gasteiger partial charge is 0.367 e. The zero-order valence-electron chi connectivity index (χ0n) is 15.3. The Morgan fingerprint density at radius 2 is 1.74 bits per heavy atom. The van der Waals surface area contributed by atoms with E-state index in [-0.39, 0.29) is 29.7 Å². The molecule has 0 aliphatic carbocycles. The molecule has 3 rings (SSSR count). The van der Waals surface area contributed by atoms with Gasteiger partial charge in [-0.2, -0.15) is 4.31 Å². The summed E-state index contributed by atoms with van der Waals surface area (Å²) in [4.78, 5) is 13.3. The molecule has 1 aliphatic heterocycles. The van der Waals surface area contributed by atoms with Crippen molar-refractivity contribution in [3.63, 3.8) is 0 Å². The minimum absolute atomic E-state index is 0.174. The predicted molar refractivity (Wildman–Crippen MR) is 103 cm³/mol. The predicted octanol–water partition coefficient (Wildman–Crippen LogP) is 2.60. The number of anilines is 2. The summed E-state index contributed by atoms with van der Waals surface area (Å²) in [7, 11) is -3.71. The summed E-state index contributed by atoms with van der Waals surface area (Å²) < 4.78 is 41.5. The van der Waals surface area contributed by atoms with E-state index in [1.54, 1.807) is 37.3 Å². The Morgan fingerprint density at radius 1 is 1.07 bits per heavy atom. The van der Waals surface area contributed by atoms with Crippen molar-refractivity contribution >= 4 is 27.3 Å². The van der Waals surface area contributed by atoms with Crippen molar-refractivity contribution in [2.45, 2.75) is 18.7 Å². The number of aryl methyl sites for hydroxylation is 1. The maximum absolute atomic E-state index is 14.0. The van der Waals surface area contributed by atoms with E-state index in [4.69, 9.17) is 0 Å². The van der Waals surface area contributed by atoms with Crippen LogP contribution in [-0.4, -0.2) is 44.8 Å². The molecule has 0 spiro atoms. The van der Waals surface area contributed by atoms with E-state index in [1.165, 1.54) is 23.4 Å². The Labute approximate surface area is 158 Å². The number of para-hydroxylation sites is 1. The van der Waals surface area contributed by atoms with Crippen LogP contribution in [0.5, 0.6) is 0 Å². The third kappa shape index (κ3) is 4.12. The third-order valence-electron chi connectivity index (χ3n) is 4.56. The first kappa shape index (κ1) is 19.3. The first-order valence-electron chi connectivity index (χ1n) is 8.67. The molecular formula is C19H22FN3O3S. The van der Waals surface area contributed by atoms with Gasteiger partial charge < -0.3 is 10.2 Å². The molecule has 0 aromatic heterocycles. The molecule has 2 aromatic rings. The van der Waals surface area contributed by atoms with Crippen LogP contribution in [0.3, 0.4) is 0 Å². The molecule has 27 heavy (non-hydrogen) atoms. The van der Waals surface area contributed by atoms with Gasteiger partial charge in [-0.05, 0) is 36.8 Å². The first-order valence-corrected chi connectivity index (χ1v) is 10.1. The van der Waals surface area contributed by atoms with Gasteiger partial charge in [-0.3, -0.25) is 4.79 Å². The van der Waals surface area contributed by atoms with E-state index in [2.05, 4.69) is 5.32 Å². The van der Waals surface area contributed by atoms with E-state index < -0.39 is 10.0 Å². The first-order chi connectivity index (χ1) is 12.8. The molecule has 8 heteroatoms. The van der Waals surface area contributed by atoms with Gasteiger partial charge in [-0.25, -0.2) is 12.8 Å². The Balaban J connectivity index is 1.79. The van der Waals surface area contributed by atoms with Crippen LogP contribution in [0.25, 0.3) is 0 Å². The van der Waals surface area contributed by atoms with E-state index in [0.717, 1.165) is 0 Å². The topological polar surface area (TPSA) is 69.7 Å². The highest BCUT2D eigenvalue weighted by Crippen LogP contribution is 2.26. The highest BCUT2D eigenvalue weighted by molar-refractivity contribution is 7.89. The molecule has 1 N–H and O–H groups in total. The van der Waals surface area contributed by atoms with Crippen molar-refractivity contribution in [1.82, 2.24) is 4.31 Å². The SMILES string of the molecule is CC(=O)Nc1ccc(C)c(S(=O)(=O)N2CCN(c3ccccc3F)CC2)c1. The Hall–Kier alpha value is -2.45. The number of hydrogen-bond donors (Lipinski definition) is 1. The van der Waals surface area contributed by atoms with Gasteiger partial charge in [-0.1, -0.05) is 18.2 Å². The third-order valence-corrected chi connectivity index (χ3v) is 6.60. The van der Waals surface area contributed by atoms with E-state index in [9.17, 15) is 17.6 Å². The van der Waals surface area contributed by atoms with Crippen LogP contribution in [0, 0.1) is 12.7 Å². The molecule has 1 heterocycles. The van der Waals surface area contributed by atoms with Crippen molar-refractivity contribution in [3.8, 4) is 0 Å². The molecule has 1 saturated heterocycles. The summed E-state index contributed by atoms with van der Waals surface area (Å²) in [5.41, 5.74) is 1.54. The van der Waals surface area contributed by atoms with E-state index in [1.807, 2.05) is 4.90 Å². The number of carbonyl (C=O) groups is 1. The van der Waals surface area contributed by atoms with Gasteiger partial charge in [0, 0.05) is 38.8 Å². The quantitative estimate of drug-likeness (QED) is 0.870. The lowest BCUT2D eigenvalue weighted by Gasteiger charge is -2.35. The number of nitrogens with zero attached hydrogens (tertiary/aromatic N) is 2. The van der Waals surface area contributed by atoms with Crippen molar-refractivity contribution in [3.05, 3.63) is 53.8 Å². The number of rotatable bonds is 4. The number of amides is 1. The zero-order chi connectivity index (χ0) is 19.6. The molecule has 1 fully saturated rings. The molecule has 1 amide bonds. The minimum atomic E-state index is -3.71. The van der Waals surface area contributed by atoms with Crippen LogP contribution in [-0.2, 0) is 14.8 Å². The number of halogens is 1. The smallest absolute Gasteiger partial charge is 0.243 e. The molecule has 1 aliphatic rings. The van der Waals surface area contributed by atoms with Gasteiger partial charge in [-0.15, -0.1) is 0 Å². The lowest BCUT2D eigenvalue weighted by Crippen LogP contribution is -2.49. The second-order valence-corrected chi connectivity index (χ2v) is 8.41. The van der Waals surface area contributed by atoms with Crippen molar-refractivity contribution in [1.29, 1.82) is 0 Å². The molecule has 0 radical (unpaired) electrons. The molecule has 0 atom stereocenters. The standard InChI is InChI=1S/C19H22FN3O3S/c1-14-7-8-16(21-15(2)24)13-19(14)27(25,26)23-11-9-22(10-12-23)18-6-4-3-5-17(18)20/h3-8,13H,9-12H2,1-2H3,(H,21,24). The number of nitrogens with one attached hydrogen (secondary N) is 1. The van der Waals surface area contributed by atoms with Crippen molar-refractivity contribution < 1.29 is 17.6 Å². The summed E-state index contributed by atoms with van der Waals surface area (Å²) in [5, 5.41) is 2.61. The van der Waals surface area contributed by atoms with Crippen LogP contribution in [0.15, 0.2) is 47.4 Å². The molecule has 2 aromatic carbocycles. The second kappa shape index (κ2) is 7.66. The number of carbonyl (C=O) groups excluding carboxylic acids is 1. The molecule has 0 bridgehead atoms. The molecule has 144 valence electrons. The Kier molecular flexibility index (Phi) is 5.48. The zero-order valence-corrected chi connectivity index (χ0v) is 16.1. The van der Waals surface area contributed by atoms with E-state index in [0.29, 0.717) is 30.0 Å². The van der Waals surface area contributed by atoms with Crippen LogP contribution >= 0.6 is 0 Å². The summed E-state index contributed by atoms with van der Waals surface area (Å²) >= 11 is 0. The number of benzene rings is 2. The summed E-state index contributed by atoms with van der Waals surface area (Å²) in [5.74, 6) is -0.576. The fourth-order valence-electron chi connectivity index (χ4n) is 3.18. The highest BCUT2D eigenvalue weighted by Gasteiger charge is 2.30. The normalized spacial score (nSPS) is 15.6. The number of piperazine rings is 1. The summed E-state index contributed by atoms with van der Waals surface area (Å²) in [6, 6.07) is 11.3. The van der Waals surface area contributed by atoms with Crippen molar-refractivity contribution in [2.75, 3.05) is 36.4 Å². The lowest BCUT2D eigenvalue weighted by molar-refractivity contribution is -0.114. The fourth-order valence-corrected chi connectivity index (χ4v) is 4.85. The monoisotopic (exact) mass is 391 g/mol. The molecule has 0 saturated carbocycles. The van der Waals surface area contributed by atoms with Gasteiger partial charge in [0.25, 0.3) is 0 Å². The van der Waals surface area contributed by atoms with Gasteiger partial charge >= 0.3 is 0 Å². The average molecular weight is 391 g/mol. The fraction of sp³-hybridized carbons (Fsp3) is 0.316. The average Bonchev–Trinajstić information content (AvgIpc) is 2.63. The van der Waals surface area contributed by atoms with E-state index >= 15 is 0 Å². The lowest BCUT2D eigenvalue weighted by atomic mass is 10.2. The van der Waals surface area contributed by atoms with Gasteiger partial charge in [0.15, 0.2) is 0 Å². The van der Waals surface area contributed by atoms with Gasteiger partial charge in [0.1, 0.15) is 5.82 Å². The Morgan fingerprint density at radius 3 is 2.37 bits per heavy atom.